The molecule has 7 nitrogen and oxygen atoms in total. The number of carbonyl (C=O) groups is 2. The number of nitrogens with one attached hydrogen (secondary N) is 1. The highest BCUT2D eigenvalue weighted by molar-refractivity contribution is 7.94. The summed E-state index contributed by atoms with van der Waals surface area (Å²) >= 11 is 7.08. The molecule has 2 aromatic carbocycles. The van der Waals surface area contributed by atoms with E-state index in [1.165, 1.54) is 43.5 Å². The number of hydrogen-bond acceptors (Lipinski definition) is 6. The second-order valence-corrected chi connectivity index (χ2v) is 9.60. The van der Waals surface area contributed by atoms with Crippen molar-refractivity contribution >= 4 is 56.2 Å². The predicted molar refractivity (Wildman–Crippen MR) is 117 cm³/mol. The Kier molecular flexibility index (Phi) is 6.94. The van der Waals surface area contributed by atoms with E-state index in [9.17, 15) is 22.4 Å². The summed E-state index contributed by atoms with van der Waals surface area (Å²) in [5.41, 5.74) is 0.380. The second-order valence-electron chi connectivity index (χ2n) is 6.15. The highest BCUT2D eigenvalue weighted by Crippen LogP contribution is 2.28. The minimum atomic E-state index is -4.09. The molecule has 1 aromatic heterocycles. The van der Waals surface area contributed by atoms with Crippen molar-refractivity contribution in [2.24, 2.45) is 0 Å². The number of rotatable bonds is 7. The first-order valence-corrected chi connectivity index (χ1v) is 11.4. The molecular weight excluding hydrogens is 467 g/mol. The molecule has 0 aliphatic carbocycles. The zero-order valence-corrected chi connectivity index (χ0v) is 18.4. The quantitative estimate of drug-likeness (QED) is 0.510. The third-order valence-corrected chi connectivity index (χ3v) is 7.58. The number of sulfonamides is 1. The molecule has 162 valence electrons. The SMILES string of the molecule is COC(=O)c1ccc(Cl)c(NC(=O)CN(c2ccc(F)cc2)S(=O)(=O)c2cccs2)c1. The van der Waals surface area contributed by atoms with E-state index < -0.39 is 34.3 Å². The van der Waals surface area contributed by atoms with Crippen molar-refractivity contribution in [3.8, 4) is 0 Å². The minimum absolute atomic E-state index is 0.0235. The lowest BCUT2D eigenvalue weighted by atomic mass is 10.2. The lowest BCUT2D eigenvalue weighted by Gasteiger charge is -2.23. The van der Waals surface area contributed by atoms with Crippen molar-refractivity contribution in [2.75, 3.05) is 23.3 Å². The average molecular weight is 483 g/mol. The molecule has 1 heterocycles. The molecule has 0 bridgehead atoms. The Balaban J connectivity index is 1.91. The third-order valence-electron chi connectivity index (χ3n) is 4.10. The van der Waals surface area contributed by atoms with Crippen molar-refractivity contribution in [3.05, 3.63) is 76.4 Å². The summed E-state index contributed by atoms with van der Waals surface area (Å²) in [7, 11) is -2.87. The van der Waals surface area contributed by atoms with Crippen LogP contribution in [0.1, 0.15) is 10.4 Å². The van der Waals surface area contributed by atoms with E-state index in [1.807, 2.05) is 0 Å². The Labute approximate surface area is 187 Å². The standard InChI is InChI=1S/C20H16ClFN2O5S2/c1-29-20(26)13-4-9-16(21)17(11-13)23-18(25)12-24(15-7-5-14(22)6-8-15)31(27,28)19-3-2-10-30-19/h2-11H,12H2,1H3,(H,23,25). The number of esters is 1. The van der Waals surface area contributed by atoms with E-state index in [4.69, 9.17) is 11.6 Å². The lowest BCUT2D eigenvalue weighted by Crippen LogP contribution is -2.38. The van der Waals surface area contributed by atoms with Gasteiger partial charge < -0.3 is 10.1 Å². The smallest absolute Gasteiger partial charge is 0.337 e. The van der Waals surface area contributed by atoms with Crippen LogP contribution >= 0.6 is 22.9 Å². The van der Waals surface area contributed by atoms with Crippen LogP contribution in [0, 0.1) is 5.82 Å². The molecule has 0 radical (unpaired) electrons. The minimum Gasteiger partial charge on any atom is -0.465 e. The first-order chi connectivity index (χ1) is 14.7. The monoisotopic (exact) mass is 482 g/mol. The van der Waals surface area contributed by atoms with Gasteiger partial charge in [-0.05, 0) is 53.9 Å². The fraction of sp³-hybridized carbons (Fsp3) is 0.100. The maximum Gasteiger partial charge on any atom is 0.337 e. The first-order valence-electron chi connectivity index (χ1n) is 8.72. The van der Waals surface area contributed by atoms with Crippen LogP contribution in [0.15, 0.2) is 64.2 Å². The van der Waals surface area contributed by atoms with E-state index in [0.717, 1.165) is 27.8 Å². The number of ether oxygens (including phenoxy) is 1. The van der Waals surface area contributed by atoms with Gasteiger partial charge in [-0.3, -0.25) is 9.10 Å². The fourth-order valence-electron chi connectivity index (χ4n) is 2.63. The molecule has 0 atom stereocenters. The van der Waals surface area contributed by atoms with Gasteiger partial charge in [-0.1, -0.05) is 17.7 Å². The summed E-state index contributed by atoms with van der Waals surface area (Å²) in [6.07, 6.45) is 0. The topological polar surface area (TPSA) is 92.8 Å². The molecular formula is C20H16ClFN2O5S2. The van der Waals surface area contributed by atoms with Gasteiger partial charge >= 0.3 is 5.97 Å². The van der Waals surface area contributed by atoms with Gasteiger partial charge in [-0.15, -0.1) is 11.3 Å². The third kappa shape index (κ3) is 5.22. The van der Waals surface area contributed by atoms with E-state index in [1.54, 1.807) is 11.4 Å². The lowest BCUT2D eigenvalue weighted by molar-refractivity contribution is -0.114. The van der Waals surface area contributed by atoms with Crippen molar-refractivity contribution in [2.45, 2.75) is 4.21 Å². The van der Waals surface area contributed by atoms with Crippen LogP contribution in [0.4, 0.5) is 15.8 Å². The van der Waals surface area contributed by atoms with E-state index in [0.29, 0.717) is 0 Å². The van der Waals surface area contributed by atoms with E-state index in [2.05, 4.69) is 10.1 Å². The Morgan fingerprint density at radius 1 is 1.16 bits per heavy atom. The van der Waals surface area contributed by atoms with Crippen LogP contribution in [0.2, 0.25) is 5.02 Å². The Bertz CT molecular complexity index is 1200. The molecule has 3 rings (SSSR count). The molecule has 0 saturated carbocycles. The number of benzene rings is 2. The molecule has 0 unspecified atom stereocenters. The second kappa shape index (κ2) is 9.46. The van der Waals surface area contributed by atoms with Crippen molar-refractivity contribution in [1.29, 1.82) is 0 Å². The summed E-state index contributed by atoms with van der Waals surface area (Å²) in [6, 6.07) is 11.9. The van der Waals surface area contributed by atoms with Crippen LogP contribution < -0.4 is 9.62 Å². The Morgan fingerprint density at radius 2 is 1.87 bits per heavy atom. The van der Waals surface area contributed by atoms with Gasteiger partial charge in [0, 0.05) is 0 Å². The number of nitrogens with zero attached hydrogens (tertiary/aromatic N) is 1. The van der Waals surface area contributed by atoms with E-state index >= 15 is 0 Å². The molecule has 0 saturated heterocycles. The maximum absolute atomic E-state index is 13.3. The number of halogens is 2. The zero-order valence-electron chi connectivity index (χ0n) is 16.0. The molecule has 1 amide bonds. The average Bonchev–Trinajstić information content (AvgIpc) is 3.29. The largest absolute Gasteiger partial charge is 0.465 e. The van der Waals surface area contributed by atoms with Crippen molar-refractivity contribution in [3.63, 3.8) is 0 Å². The number of carbonyl (C=O) groups excluding carboxylic acids is 2. The summed E-state index contributed by atoms with van der Waals surface area (Å²) in [4.78, 5) is 24.4. The Hall–Kier alpha value is -2.95. The molecule has 0 fully saturated rings. The summed E-state index contributed by atoms with van der Waals surface area (Å²) in [6.45, 7) is -0.607. The van der Waals surface area contributed by atoms with Gasteiger partial charge in [0.15, 0.2) is 0 Å². The van der Waals surface area contributed by atoms with Gasteiger partial charge in [-0.25, -0.2) is 17.6 Å². The maximum atomic E-state index is 13.3. The van der Waals surface area contributed by atoms with Crippen molar-refractivity contribution in [1.82, 2.24) is 0 Å². The van der Waals surface area contributed by atoms with Gasteiger partial charge in [0.25, 0.3) is 10.0 Å². The van der Waals surface area contributed by atoms with Gasteiger partial charge in [0.05, 0.1) is 29.1 Å². The molecule has 31 heavy (non-hydrogen) atoms. The van der Waals surface area contributed by atoms with Crippen LogP contribution in [-0.2, 0) is 19.6 Å². The molecule has 3 aromatic rings. The highest BCUT2D eigenvalue weighted by atomic mass is 35.5. The van der Waals surface area contributed by atoms with Crippen LogP contribution in [0.3, 0.4) is 0 Å². The van der Waals surface area contributed by atoms with Gasteiger partial charge in [-0.2, -0.15) is 0 Å². The number of thiophene rings is 1. The molecule has 0 spiro atoms. The van der Waals surface area contributed by atoms with Gasteiger partial charge in [0.2, 0.25) is 5.91 Å². The fourth-order valence-corrected chi connectivity index (χ4v) is 5.32. The first kappa shape index (κ1) is 22.7. The van der Waals surface area contributed by atoms with Crippen LogP contribution in [0.5, 0.6) is 0 Å². The molecule has 11 heteroatoms. The number of methoxy groups -OCH3 is 1. The summed E-state index contributed by atoms with van der Waals surface area (Å²) < 4.78 is 45.1. The molecule has 1 N–H and O–H groups in total. The predicted octanol–water partition coefficient (Wildman–Crippen LogP) is 4.16. The normalized spacial score (nSPS) is 11.1. The summed E-state index contributed by atoms with van der Waals surface area (Å²) in [5, 5.41) is 4.24. The van der Waals surface area contributed by atoms with E-state index in [-0.39, 0.29) is 26.2 Å². The number of hydrogen-bond donors (Lipinski definition) is 1. The van der Waals surface area contributed by atoms with Gasteiger partial charge in [0.1, 0.15) is 16.6 Å². The zero-order chi connectivity index (χ0) is 22.6. The van der Waals surface area contributed by atoms with Crippen LogP contribution in [-0.4, -0.2) is 33.9 Å². The number of amides is 1. The number of anilines is 2. The molecule has 0 aliphatic rings. The highest BCUT2D eigenvalue weighted by Gasteiger charge is 2.28. The molecule has 0 aliphatic heterocycles. The van der Waals surface area contributed by atoms with Crippen LogP contribution in [0.25, 0.3) is 0 Å². The van der Waals surface area contributed by atoms with Crippen molar-refractivity contribution < 1.29 is 27.1 Å². The summed E-state index contributed by atoms with van der Waals surface area (Å²) in [5.74, 6) is -1.89. The Morgan fingerprint density at radius 3 is 2.48 bits per heavy atom.